The molecule has 0 aliphatic rings. The minimum Gasteiger partial charge on any atom is -0.527 e. The second kappa shape index (κ2) is 3.61. The highest BCUT2D eigenvalue weighted by Gasteiger charge is 2.02. The molecule has 0 aliphatic heterocycles. The molecule has 0 aromatic heterocycles. The molecule has 0 aliphatic carbocycles. The van der Waals surface area contributed by atoms with E-state index in [9.17, 15) is 0 Å². The monoisotopic (exact) mass is 142 g/mol. The molecule has 0 fully saturated rings. The van der Waals surface area contributed by atoms with E-state index in [0.29, 0.717) is 5.41 Å². The first kappa shape index (κ1) is 8.63. The molecule has 0 heterocycles. The van der Waals surface area contributed by atoms with Crippen molar-refractivity contribution in [3.05, 3.63) is 12.8 Å². The first-order valence-electron chi connectivity index (χ1n) is 3.00. The second-order valence-corrected chi connectivity index (χ2v) is 3.85. The lowest BCUT2D eigenvalue weighted by Crippen LogP contribution is -2.09. The summed E-state index contributed by atoms with van der Waals surface area (Å²) >= 11 is 0. The van der Waals surface area contributed by atoms with E-state index in [1.165, 1.54) is 6.26 Å². The van der Waals surface area contributed by atoms with Gasteiger partial charge < -0.3 is 4.43 Å². The van der Waals surface area contributed by atoms with Gasteiger partial charge in [-0.1, -0.05) is 33.0 Å². The molecule has 9 heavy (non-hydrogen) atoms. The molecule has 0 bridgehead atoms. The summed E-state index contributed by atoms with van der Waals surface area (Å²) in [5, 5.41) is 0. The smallest absolute Gasteiger partial charge is 0.219 e. The third-order valence-electron chi connectivity index (χ3n) is 0.743. The van der Waals surface area contributed by atoms with E-state index in [4.69, 9.17) is 4.43 Å². The maximum Gasteiger partial charge on any atom is 0.219 e. The van der Waals surface area contributed by atoms with E-state index >= 15 is 0 Å². The van der Waals surface area contributed by atoms with Crippen LogP contribution >= 0.6 is 0 Å². The zero-order valence-corrected chi connectivity index (χ0v) is 7.50. The van der Waals surface area contributed by atoms with Crippen LogP contribution in [-0.2, 0) is 4.43 Å². The van der Waals surface area contributed by atoms with E-state index in [0.717, 1.165) is 0 Å². The van der Waals surface area contributed by atoms with Crippen LogP contribution in [0, 0.1) is 5.41 Å². The van der Waals surface area contributed by atoms with Gasteiger partial charge in [-0.05, 0) is 5.41 Å². The van der Waals surface area contributed by atoms with Gasteiger partial charge in [-0.3, -0.25) is 0 Å². The molecule has 2 heteroatoms. The van der Waals surface area contributed by atoms with Crippen molar-refractivity contribution in [1.82, 2.24) is 0 Å². The van der Waals surface area contributed by atoms with Crippen molar-refractivity contribution < 1.29 is 4.43 Å². The van der Waals surface area contributed by atoms with Crippen molar-refractivity contribution in [3.8, 4) is 0 Å². The van der Waals surface area contributed by atoms with Crippen LogP contribution in [-0.4, -0.2) is 15.0 Å². The average Bonchev–Trinajstić information content (AvgIpc) is 1.63. The maximum atomic E-state index is 5.00. The summed E-state index contributed by atoms with van der Waals surface area (Å²) in [6.07, 6.45) is 1.50. The standard InChI is InChI=1S/C7H14OSi/c1-5-8-9-6-7(2,3)4/h5-6,9H,1H2,2-4H3. The third kappa shape index (κ3) is 7.63. The number of hydrogen-bond donors (Lipinski definition) is 0. The lowest BCUT2D eigenvalue weighted by atomic mass is 10.0. The number of hydrogen-bond acceptors (Lipinski definition) is 1. The van der Waals surface area contributed by atoms with E-state index < -0.39 is 0 Å². The molecule has 0 aromatic rings. The number of rotatable bonds is 2. The molecule has 0 atom stereocenters. The van der Waals surface area contributed by atoms with Crippen LogP contribution in [0.25, 0.3) is 0 Å². The van der Waals surface area contributed by atoms with Crippen LogP contribution in [0.2, 0.25) is 0 Å². The normalized spacial score (nSPS) is 11.9. The van der Waals surface area contributed by atoms with Crippen molar-refractivity contribution in [2.45, 2.75) is 20.8 Å². The highest BCUT2D eigenvalue weighted by Crippen LogP contribution is 2.06. The Hall–Kier alpha value is -0.373. The zero-order chi connectivity index (χ0) is 7.33. The molecular formula is C7H14OSi. The van der Waals surface area contributed by atoms with E-state index in [-0.39, 0.29) is 9.38 Å². The first-order valence-corrected chi connectivity index (χ1v) is 4.14. The molecule has 0 unspecified atom stereocenters. The van der Waals surface area contributed by atoms with Gasteiger partial charge in [0.2, 0.25) is 9.38 Å². The Kier molecular flexibility index (Phi) is 3.46. The summed E-state index contributed by atoms with van der Waals surface area (Å²) in [6, 6.07) is 0. The Labute approximate surface area is 59.3 Å². The largest absolute Gasteiger partial charge is 0.527 e. The van der Waals surface area contributed by atoms with Gasteiger partial charge in [-0.25, -0.2) is 0 Å². The van der Waals surface area contributed by atoms with Crippen molar-refractivity contribution >= 4 is 15.0 Å². The predicted octanol–water partition coefficient (Wildman–Crippen LogP) is 1.35. The van der Waals surface area contributed by atoms with E-state index in [1.807, 2.05) is 0 Å². The molecule has 0 saturated carbocycles. The Balaban J connectivity index is 3.57. The Morgan fingerprint density at radius 2 is 2.00 bits per heavy atom. The predicted molar refractivity (Wildman–Crippen MR) is 44.0 cm³/mol. The van der Waals surface area contributed by atoms with Gasteiger partial charge in [0, 0.05) is 0 Å². The van der Waals surface area contributed by atoms with Crippen molar-refractivity contribution in [2.24, 2.45) is 5.41 Å². The van der Waals surface area contributed by atoms with Gasteiger partial charge in [0.05, 0.1) is 6.26 Å². The van der Waals surface area contributed by atoms with Crippen LogP contribution in [0.15, 0.2) is 12.8 Å². The average molecular weight is 142 g/mol. The van der Waals surface area contributed by atoms with Crippen LogP contribution in [0.5, 0.6) is 0 Å². The summed E-state index contributed by atoms with van der Waals surface area (Å²) in [6.45, 7) is 9.94. The van der Waals surface area contributed by atoms with Gasteiger partial charge in [0.15, 0.2) is 0 Å². The molecule has 0 radical (unpaired) electrons. The SMILES string of the molecule is C=CO[SiH]=CC(C)(C)C. The molecule has 52 valence electrons. The van der Waals surface area contributed by atoms with Crippen molar-refractivity contribution in [1.29, 1.82) is 0 Å². The quantitative estimate of drug-likeness (QED) is 0.418. The van der Waals surface area contributed by atoms with Gasteiger partial charge in [-0.15, -0.1) is 0 Å². The summed E-state index contributed by atoms with van der Waals surface area (Å²) in [5.74, 6) is 0. The fourth-order valence-electron chi connectivity index (χ4n) is 0.299. The second-order valence-electron chi connectivity index (χ2n) is 2.97. The summed E-state index contributed by atoms with van der Waals surface area (Å²) in [7, 11) is 0.00231. The Bertz CT molecular complexity index is 111. The molecule has 0 rings (SSSR count). The molecule has 0 saturated heterocycles. The van der Waals surface area contributed by atoms with Crippen molar-refractivity contribution in [2.75, 3.05) is 0 Å². The molecule has 1 nitrogen and oxygen atoms in total. The molecule has 0 aromatic carbocycles. The molecule has 0 amide bonds. The zero-order valence-electron chi connectivity index (χ0n) is 6.35. The summed E-state index contributed by atoms with van der Waals surface area (Å²) < 4.78 is 5.00. The minimum atomic E-state index is 0.00231. The summed E-state index contributed by atoms with van der Waals surface area (Å²) in [4.78, 5) is 0. The maximum absolute atomic E-state index is 5.00. The van der Waals surface area contributed by atoms with Crippen LogP contribution in [0.3, 0.4) is 0 Å². The molecular weight excluding hydrogens is 128 g/mol. The van der Waals surface area contributed by atoms with Crippen LogP contribution < -0.4 is 0 Å². The van der Waals surface area contributed by atoms with Gasteiger partial charge >= 0.3 is 0 Å². The fraction of sp³-hybridized carbons (Fsp3) is 0.571. The van der Waals surface area contributed by atoms with Crippen LogP contribution in [0.1, 0.15) is 20.8 Å². The van der Waals surface area contributed by atoms with E-state index in [2.05, 4.69) is 33.0 Å². The Morgan fingerprint density at radius 1 is 1.44 bits per heavy atom. The topological polar surface area (TPSA) is 9.23 Å². The summed E-state index contributed by atoms with van der Waals surface area (Å²) in [5.41, 5.74) is 2.48. The van der Waals surface area contributed by atoms with Crippen LogP contribution in [0.4, 0.5) is 0 Å². The first-order chi connectivity index (χ1) is 4.06. The highest BCUT2D eigenvalue weighted by atomic mass is 28.2. The lowest BCUT2D eigenvalue weighted by molar-refractivity contribution is 0.529. The minimum absolute atomic E-state index is 0.00231. The van der Waals surface area contributed by atoms with Gasteiger partial charge in [0.25, 0.3) is 0 Å². The lowest BCUT2D eigenvalue weighted by Gasteiger charge is -2.09. The van der Waals surface area contributed by atoms with Gasteiger partial charge in [0.1, 0.15) is 0 Å². The van der Waals surface area contributed by atoms with E-state index in [1.54, 1.807) is 0 Å². The van der Waals surface area contributed by atoms with Crippen molar-refractivity contribution in [3.63, 3.8) is 0 Å². The third-order valence-corrected chi connectivity index (χ3v) is 2.23. The molecule has 0 spiro atoms. The molecule has 0 N–H and O–H groups in total. The fourth-order valence-corrected chi connectivity index (χ4v) is 0.897. The Morgan fingerprint density at radius 3 is 2.33 bits per heavy atom. The van der Waals surface area contributed by atoms with Gasteiger partial charge in [-0.2, -0.15) is 0 Å². The highest BCUT2D eigenvalue weighted by molar-refractivity contribution is 6.41.